The van der Waals surface area contributed by atoms with Crippen molar-refractivity contribution in [1.82, 2.24) is 4.90 Å². The molecule has 1 heterocycles. The van der Waals surface area contributed by atoms with Gasteiger partial charge in [0.15, 0.2) is 0 Å². The average molecular weight is 288 g/mol. The summed E-state index contributed by atoms with van der Waals surface area (Å²) in [5, 5.41) is 0. The second kappa shape index (κ2) is 6.61. The molecule has 1 amide bonds. The van der Waals surface area contributed by atoms with Crippen molar-refractivity contribution in [2.75, 3.05) is 19.6 Å². The van der Waals surface area contributed by atoms with Gasteiger partial charge in [-0.3, -0.25) is 4.79 Å². The number of carbonyl (C=O) groups excluding carboxylic acids is 1. The highest BCUT2D eigenvalue weighted by atomic mass is 16.1. The minimum atomic E-state index is -0.144. The van der Waals surface area contributed by atoms with E-state index in [1.165, 1.54) is 11.1 Å². The van der Waals surface area contributed by atoms with Crippen molar-refractivity contribution in [2.45, 2.75) is 45.4 Å². The van der Waals surface area contributed by atoms with Gasteiger partial charge in [-0.2, -0.15) is 0 Å². The molecule has 1 fully saturated rings. The van der Waals surface area contributed by atoms with E-state index in [2.05, 4.69) is 49.9 Å². The molecule has 1 aromatic carbocycles. The first-order valence-corrected chi connectivity index (χ1v) is 7.97. The number of rotatable bonds is 4. The molecule has 2 rings (SSSR count). The van der Waals surface area contributed by atoms with Crippen LogP contribution in [0.15, 0.2) is 24.3 Å². The Morgan fingerprint density at radius 3 is 2.52 bits per heavy atom. The normalized spacial score (nSPS) is 20.4. The predicted octanol–water partition coefficient (Wildman–Crippen LogP) is 2.72. The molecule has 1 aromatic rings. The summed E-state index contributed by atoms with van der Waals surface area (Å²) in [5.41, 5.74) is 8.38. The van der Waals surface area contributed by atoms with Crippen molar-refractivity contribution in [3.05, 3.63) is 35.4 Å². The summed E-state index contributed by atoms with van der Waals surface area (Å²) >= 11 is 0. The van der Waals surface area contributed by atoms with E-state index in [-0.39, 0.29) is 17.2 Å². The van der Waals surface area contributed by atoms with Gasteiger partial charge in [-0.1, -0.05) is 45.0 Å². The lowest BCUT2D eigenvalue weighted by Gasteiger charge is -2.31. The van der Waals surface area contributed by atoms with E-state index in [0.717, 1.165) is 38.9 Å². The van der Waals surface area contributed by atoms with Gasteiger partial charge in [-0.05, 0) is 42.3 Å². The van der Waals surface area contributed by atoms with Crippen molar-refractivity contribution >= 4 is 5.91 Å². The van der Waals surface area contributed by atoms with Crippen molar-refractivity contribution < 1.29 is 4.79 Å². The molecule has 21 heavy (non-hydrogen) atoms. The van der Waals surface area contributed by atoms with Crippen LogP contribution in [0.1, 0.15) is 44.7 Å². The number of nitrogens with two attached hydrogens (primary N) is 1. The molecule has 0 aliphatic carbocycles. The fraction of sp³-hybridized carbons (Fsp3) is 0.611. The molecule has 0 unspecified atom stereocenters. The van der Waals surface area contributed by atoms with Gasteiger partial charge < -0.3 is 10.6 Å². The first-order chi connectivity index (χ1) is 9.86. The van der Waals surface area contributed by atoms with E-state index < -0.39 is 0 Å². The zero-order valence-electron chi connectivity index (χ0n) is 13.6. The van der Waals surface area contributed by atoms with E-state index in [1.807, 2.05) is 0 Å². The van der Waals surface area contributed by atoms with Crippen LogP contribution in [0.4, 0.5) is 0 Å². The van der Waals surface area contributed by atoms with E-state index >= 15 is 0 Å². The first kappa shape index (κ1) is 16.0. The highest BCUT2D eigenvalue weighted by Crippen LogP contribution is 2.22. The number of carbonyl (C=O) groups is 1. The maximum absolute atomic E-state index is 11.3. The Bertz CT molecular complexity index is 473. The molecular weight excluding hydrogens is 260 g/mol. The molecular formula is C18H28N2O. The Morgan fingerprint density at radius 1 is 1.29 bits per heavy atom. The molecule has 116 valence electrons. The number of hydrogen-bond acceptors (Lipinski definition) is 2. The molecule has 0 bridgehead atoms. The quantitative estimate of drug-likeness (QED) is 0.926. The fourth-order valence-electron chi connectivity index (χ4n) is 2.95. The lowest BCUT2D eigenvalue weighted by Crippen LogP contribution is -2.41. The zero-order chi connectivity index (χ0) is 15.5. The standard InChI is InChI=1S/C18H28N2O/c1-18(2,3)16-8-6-14(7-9-16)10-12-20-11-4-5-15(13-20)17(19)21/h6-9,15H,4-5,10-13H2,1-3H3,(H2,19,21)/t15-/m0/s1. The van der Waals surface area contributed by atoms with E-state index in [4.69, 9.17) is 5.73 Å². The van der Waals surface area contributed by atoms with Crippen LogP contribution >= 0.6 is 0 Å². The Labute approximate surface area is 128 Å². The van der Waals surface area contributed by atoms with Gasteiger partial charge in [-0.15, -0.1) is 0 Å². The van der Waals surface area contributed by atoms with E-state index in [9.17, 15) is 4.79 Å². The largest absolute Gasteiger partial charge is 0.369 e. The van der Waals surface area contributed by atoms with Crippen LogP contribution in [0, 0.1) is 5.92 Å². The lowest BCUT2D eigenvalue weighted by molar-refractivity contribution is -0.123. The molecule has 0 spiro atoms. The lowest BCUT2D eigenvalue weighted by atomic mass is 9.86. The van der Waals surface area contributed by atoms with Crippen LogP contribution in [0.5, 0.6) is 0 Å². The van der Waals surface area contributed by atoms with Gasteiger partial charge in [0.1, 0.15) is 0 Å². The van der Waals surface area contributed by atoms with Crippen LogP contribution in [0.25, 0.3) is 0 Å². The summed E-state index contributed by atoms with van der Waals surface area (Å²) in [4.78, 5) is 13.7. The van der Waals surface area contributed by atoms with Crippen molar-refractivity contribution in [2.24, 2.45) is 11.7 Å². The maximum atomic E-state index is 11.3. The third-order valence-corrected chi connectivity index (χ3v) is 4.44. The van der Waals surface area contributed by atoms with Gasteiger partial charge in [0.2, 0.25) is 5.91 Å². The van der Waals surface area contributed by atoms with Gasteiger partial charge in [0, 0.05) is 13.1 Å². The Morgan fingerprint density at radius 2 is 1.95 bits per heavy atom. The first-order valence-electron chi connectivity index (χ1n) is 7.97. The number of likely N-dealkylation sites (tertiary alicyclic amines) is 1. The summed E-state index contributed by atoms with van der Waals surface area (Å²) in [5.74, 6) is -0.101. The Balaban J connectivity index is 1.87. The van der Waals surface area contributed by atoms with Crippen molar-refractivity contribution in [3.63, 3.8) is 0 Å². The Hall–Kier alpha value is -1.35. The predicted molar refractivity (Wildman–Crippen MR) is 87.2 cm³/mol. The third-order valence-electron chi connectivity index (χ3n) is 4.44. The van der Waals surface area contributed by atoms with Crippen LogP contribution in [-0.2, 0) is 16.6 Å². The molecule has 0 radical (unpaired) electrons. The monoisotopic (exact) mass is 288 g/mol. The number of nitrogens with zero attached hydrogens (tertiary/aromatic N) is 1. The minimum absolute atomic E-state index is 0.0435. The average Bonchev–Trinajstić information content (AvgIpc) is 2.45. The summed E-state index contributed by atoms with van der Waals surface area (Å²) < 4.78 is 0. The molecule has 2 N–H and O–H groups in total. The van der Waals surface area contributed by atoms with Crippen LogP contribution in [-0.4, -0.2) is 30.4 Å². The van der Waals surface area contributed by atoms with Gasteiger partial charge in [-0.25, -0.2) is 0 Å². The highest BCUT2D eigenvalue weighted by molar-refractivity contribution is 5.76. The fourth-order valence-corrected chi connectivity index (χ4v) is 2.95. The van der Waals surface area contributed by atoms with Crippen molar-refractivity contribution in [3.8, 4) is 0 Å². The Kier molecular flexibility index (Phi) is 5.04. The SMILES string of the molecule is CC(C)(C)c1ccc(CCN2CCC[C@H](C(N)=O)C2)cc1. The summed E-state index contributed by atoms with van der Waals surface area (Å²) in [7, 11) is 0. The maximum Gasteiger partial charge on any atom is 0.221 e. The second-order valence-corrected chi connectivity index (χ2v) is 7.24. The van der Waals surface area contributed by atoms with Crippen LogP contribution in [0.3, 0.4) is 0 Å². The molecule has 3 heteroatoms. The molecule has 3 nitrogen and oxygen atoms in total. The molecule has 0 saturated carbocycles. The third kappa shape index (κ3) is 4.57. The van der Waals surface area contributed by atoms with Gasteiger partial charge in [0.25, 0.3) is 0 Å². The van der Waals surface area contributed by atoms with Crippen LogP contribution in [0.2, 0.25) is 0 Å². The van der Waals surface area contributed by atoms with Gasteiger partial charge >= 0.3 is 0 Å². The number of primary amides is 1. The topological polar surface area (TPSA) is 46.3 Å². The number of piperidine rings is 1. The van der Waals surface area contributed by atoms with Gasteiger partial charge in [0.05, 0.1) is 5.92 Å². The molecule has 1 atom stereocenters. The van der Waals surface area contributed by atoms with Crippen LogP contribution < -0.4 is 5.73 Å². The molecule has 1 aliphatic heterocycles. The molecule has 0 aromatic heterocycles. The summed E-state index contributed by atoms with van der Waals surface area (Å²) in [6, 6.07) is 8.93. The summed E-state index contributed by atoms with van der Waals surface area (Å²) in [6.45, 7) is 9.64. The molecule has 1 saturated heterocycles. The smallest absolute Gasteiger partial charge is 0.221 e. The van der Waals surface area contributed by atoms with E-state index in [0.29, 0.717) is 0 Å². The highest BCUT2D eigenvalue weighted by Gasteiger charge is 2.23. The summed E-state index contributed by atoms with van der Waals surface area (Å²) in [6.07, 6.45) is 3.07. The minimum Gasteiger partial charge on any atom is -0.369 e. The zero-order valence-corrected chi connectivity index (χ0v) is 13.6. The second-order valence-electron chi connectivity index (χ2n) is 7.24. The van der Waals surface area contributed by atoms with Crippen molar-refractivity contribution in [1.29, 1.82) is 0 Å². The number of amides is 1. The number of benzene rings is 1. The molecule has 1 aliphatic rings. The number of hydrogen-bond donors (Lipinski definition) is 1. The van der Waals surface area contributed by atoms with E-state index in [1.54, 1.807) is 0 Å².